The first-order valence-corrected chi connectivity index (χ1v) is 10.2. The van der Waals surface area contributed by atoms with Crippen LogP contribution in [0.3, 0.4) is 0 Å². The molecule has 0 aromatic heterocycles. The van der Waals surface area contributed by atoms with Crippen LogP contribution in [-0.2, 0) is 17.8 Å². The molecular weight excluding hydrogens is 324 g/mol. The van der Waals surface area contributed by atoms with Gasteiger partial charge in [0.25, 0.3) is 0 Å². The Morgan fingerprint density at radius 2 is 1.69 bits per heavy atom. The minimum absolute atomic E-state index is 0.552. The molecule has 0 radical (unpaired) electrons. The summed E-state index contributed by atoms with van der Waals surface area (Å²) in [7, 11) is 0. The second-order valence-electron chi connectivity index (χ2n) is 7.10. The molecule has 5 heteroatoms. The maximum atomic E-state index is 5.96. The van der Waals surface area contributed by atoms with E-state index < -0.39 is 0 Å². The smallest absolute Gasteiger partial charge is 0.188 e. The number of ether oxygens (including phenoxy) is 1. The van der Waals surface area contributed by atoms with Gasteiger partial charge in [0.05, 0.1) is 19.8 Å². The Labute approximate surface area is 159 Å². The number of rotatable bonds is 11. The largest absolute Gasteiger partial charge is 0.379 e. The molecular formula is C21H36N4O. The number of benzene rings is 1. The van der Waals surface area contributed by atoms with E-state index in [1.54, 1.807) is 0 Å². The van der Waals surface area contributed by atoms with Crippen molar-refractivity contribution in [2.45, 2.75) is 58.5 Å². The third-order valence-corrected chi connectivity index (χ3v) is 4.80. The van der Waals surface area contributed by atoms with E-state index in [1.807, 2.05) is 0 Å². The SMILES string of the molecule is CCCCCCCCNC(N)=NCc1ccc(CN2CCOCC2)cc1. The van der Waals surface area contributed by atoms with Crippen molar-refractivity contribution in [1.29, 1.82) is 0 Å². The molecule has 1 fully saturated rings. The van der Waals surface area contributed by atoms with Gasteiger partial charge in [-0.2, -0.15) is 0 Å². The van der Waals surface area contributed by atoms with E-state index >= 15 is 0 Å². The summed E-state index contributed by atoms with van der Waals surface area (Å²) < 4.78 is 5.39. The van der Waals surface area contributed by atoms with Crippen LogP contribution in [0.25, 0.3) is 0 Å². The van der Waals surface area contributed by atoms with Gasteiger partial charge in [-0.05, 0) is 17.5 Å². The number of hydrogen-bond donors (Lipinski definition) is 2. The zero-order valence-corrected chi connectivity index (χ0v) is 16.4. The number of nitrogens with zero attached hydrogens (tertiary/aromatic N) is 2. The number of hydrogen-bond acceptors (Lipinski definition) is 3. The number of nitrogens with two attached hydrogens (primary N) is 1. The Morgan fingerprint density at radius 3 is 2.42 bits per heavy atom. The molecule has 1 aromatic rings. The van der Waals surface area contributed by atoms with E-state index in [-0.39, 0.29) is 0 Å². The summed E-state index contributed by atoms with van der Waals surface area (Å²) in [6, 6.07) is 8.70. The second-order valence-corrected chi connectivity index (χ2v) is 7.10. The molecule has 146 valence electrons. The molecule has 5 nitrogen and oxygen atoms in total. The van der Waals surface area contributed by atoms with Crippen molar-refractivity contribution in [2.24, 2.45) is 10.7 Å². The number of unbranched alkanes of at least 4 members (excludes halogenated alkanes) is 5. The first kappa shape index (κ1) is 20.7. The van der Waals surface area contributed by atoms with Gasteiger partial charge in [-0.25, -0.2) is 4.99 Å². The molecule has 0 spiro atoms. The first-order valence-electron chi connectivity index (χ1n) is 10.2. The van der Waals surface area contributed by atoms with E-state index in [1.165, 1.54) is 43.2 Å². The quantitative estimate of drug-likeness (QED) is 0.361. The van der Waals surface area contributed by atoms with Crippen molar-refractivity contribution in [2.75, 3.05) is 32.8 Å². The Balaban J connectivity index is 1.62. The van der Waals surface area contributed by atoms with Crippen molar-refractivity contribution < 1.29 is 4.74 Å². The van der Waals surface area contributed by atoms with Crippen LogP contribution in [0, 0.1) is 0 Å². The van der Waals surface area contributed by atoms with Gasteiger partial charge in [0.15, 0.2) is 5.96 Å². The van der Waals surface area contributed by atoms with Gasteiger partial charge in [-0.3, -0.25) is 4.90 Å². The highest BCUT2D eigenvalue weighted by Crippen LogP contribution is 2.10. The summed E-state index contributed by atoms with van der Waals surface area (Å²) in [4.78, 5) is 6.87. The highest BCUT2D eigenvalue weighted by molar-refractivity contribution is 5.77. The lowest BCUT2D eigenvalue weighted by Gasteiger charge is -2.26. The van der Waals surface area contributed by atoms with Crippen LogP contribution in [0.4, 0.5) is 0 Å². The van der Waals surface area contributed by atoms with Gasteiger partial charge in [0, 0.05) is 26.2 Å². The Kier molecular flexibility index (Phi) is 10.1. The van der Waals surface area contributed by atoms with Crippen LogP contribution in [0.15, 0.2) is 29.3 Å². The number of guanidine groups is 1. The average molecular weight is 361 g/mol. The van der Waals surface area contributed by atoms with Crippen molar-refractivity contribution in [1.82, 2.24) is 10.2 Å². The van der Waals surface area contributed by atoms with Gasteiger partial charge in [-0.15, -0.1) is 0 Å². The van der Waals surface area contributed by atoms with E-state index in [9.17, 15) is 0 Å². The molecule has 26 heavy (non-hydrogen) atoms. The number of aliphatic imine (C=N–C) groups is 1. The molecule has 0 amide bonds. The van der Waals surface area contributed by atoms with Gasteiger partial charge >= 0.3 is 0 Å². The third kappa shape index (κ3) is 8.68. The lowest BCUT2D eigenvalue weighted by atomic mass is 10.1. The summed E-state index contributed by atoms with van der Waals surface area (Å²) in [6.07, 6.45) is 7.75. The molecule has 0 saturated carbocycles. The van der Waals surface area contributed by atoms with Crippen LogP contribution in [-0.4, -0.2) is 43.7 Å². The van der Waals surface area contributed by atoms with E-state index in [0.29, 0.717) is 12.5 Å². The zero-order valence-electron chi connectivity index (χ0n) is 16.4. The van der Waals surface area contributed by atoms with E-state index in [4.69, 9.17) is 10.5 Å². The van der Waals surface area contributed by atoms with E-state index in [0.717, 1.165) is 45.8 Å². The molecule has 1 aliphatic heterocycles. The molecule has 3 N–H and O–H groups in total. The van der Waals surface area contributed by atoms with Crippen LogP contribution >= 0.6 is 0 Å². The summed E-state index contributed by atoms with van der Waals surface area (Å²) in [5.41, 5.74) is 8.49. The number of nitrogens with one attached hydrogen (secondary N) is 1. The fraction of sp³-hybridized carbons (Fsp3) is 0.667. The normalized spacial score (nSPS) is 16.0. The minimum Gasteiger partial charge on any atom is -0.379 e. The molecule has 1 aromatic carbocycles. The molecule has 0 atom stereocenters. The zero-order chi connectivity index (χ0) is 18.5. The van der Waals surface area contributed by atoms with E-state index in [2.05, 4.69) is 46.4 Å². The molecule has 0 bridgehead atoms. The molecule has 1 saturated heterocycles. The predicted octanol–water partition coefficient (Wildman–Crippen LogP) is 3.28. The average Bonchev–Trinajstić information content (AvgIpc) is 2.67. The van der Waals surface area contributed by atoms with Gasteiger partial charge in [0.1, 0.15) is 0 Å². The maximum Gasteiger partial charge on any atom is 0.188 e. The minimum atomic E-state index is 0.552. The summed E-state index contributed by atoms with van der Waals surface area (Å²) >= 11 is 0. The Morgan fingerprint density at radius 1 is 1.04 bits per heavy atom. The van der Waals surface area contributed by atoms with Crippen molar-refractivity contribution in [3.8, 4) is 0 Å². The van der Waals surface area contributed by atoms with Crippen LogP contribution < -0.4 is 11.1 Å². The Bertz CT molecular complexity index is 509. The third-order valence-electron chi connectivity index (χ3n) is 4.80. The van der Waals surface area contributed by atoms with Gasteiger partial charge < -0.3 is 15.8 Å². The standard InChI is InChI=1S/C21H36N4O/c1-2-3-4-5-6-7-12-23-21(22)24-17-19-8-10-20(11-9-19)18-25-13-15-26-16-14-25/h8-11H,2-7,12-18H2,1H3,(H3,22,23,24). The Hall–Kier alpha value is -1.59. The van der Waals surface area contributed by atoms with Gasteiger partial charge in [0.2, 0.25) is 0 Å². The summed E-state index contributed by atoms with van der Waals surface area (Å²) in [5.74, 6) is 0.552. The van der Waals surface area contributed by atoms with Crippen molar-refractivity contribution in [3.63, 3.8) is 0 Å². The molecule has 1 aliphatic rings. The highest BCUT2D eigenvalue weighted by Gasteiger charge is 2.10. The monoisotopic (exact) mass is 360 g/mol. The fourth-order valence-corrected chi connectivity index (χ4v) is 3.12. The lowest BCUT2D eigenvalue weighted by Crippen LogP contribution is -2.35. The topological polar surface area (TPSA) is 62.9 Å². The molecule has 2 rings (SSSR count). The van der Waals surface area contributed by atoms with Crippen LogP contribution in [0.2, 0.25) is 0 Å². The second kappa shape index (κ2) is 12.7. The summed E-state index contributed by atoms with van der Waals surface area (Å²) in [5, 5.41) is 3.22. The van der Waals surface area contributed by atoms with Gasteiger partial charge in [-0.1, -0.05) is 63.3 Å². The van der Waals surface area contributed by atoms with Crippen LogP contribution in [0.1, 0.15) is 56.6 Å². The first-order chi connectivity index (χ1) is 12.8. The number of morpholine rings is 1. The van der Waals surface area contributed by atoms with Crippen molar-refractivity contribution >= 4 is 5.96 Å². The molecule has 0 aliphatic carbocycles. The lowest BCUT2D eigenvalue weighted by molar-refractivity contribution is 0.0342. The van der Waals surface area contributed by atoms with Crippen LogP contribution in [0.5, 0.6) is 0 Å². The maximum absolute atomic E-state index is 5.96. The molecule has 1 heterocycles. The molecule has 0 unspecified atom stereocenters. The predicted molar refractivity (Wildman–Crippen MR) is 109 cm³/mol. The summed E-state index contributed by atoms with van der Waals surface area (Å²) in [6.45, 7) is 8.52. The highest BCUT2D eigenvalue weighted by atomic mass is 16.5. The fourth-order valence-electron chi connectivity index (χ4n) is 3.12. The van der Waals surface area contributed by atoms with Crippen molar-refractivity contribution in [3.05, 3.63) is 35.4 Å².